The Kier molecular flexibility index (Phi) is 18.6. The zero-order chi connectivity index (χ0) is 25.2. The largest absolute Gasteiger partial charge is 0.375 e. The fourth-order valence-electron chi connectivity index (χ4n) is 5.80. The highest BCUT2D eigenvalue weighted by molar-refractivity contribution is 4.90. The van der Waals surface area contributed by atoms with Crippen LogP contribution in [0.1, 0.15) is 137 Å². The first-order valence-corrected chi connectivity index (χ1v) is 15.0. The van der Waals surface area contributed by atoms with Crippen LogP contribution in [0.25, 0.3) is 0 Å². The number of halogens is 2. The summed E-state index contributed by atoms with van der Waals surface area (Å²) >= 11 is 0. The van der Waals surface area contributed by atoms with Gasteiger partial charge in [0.1, 0.15) is 0 Å². The topological polar surface area (TPSA) is 18.5 Å². The zero-order valence-electron chi connectivity index (χ0n) is 23.3. The Hall–Kier alpha value is -0.220. The minimum atomic E-state index is -1.57. The van der Waals surface area contributed by atoms with Crippen molar-refractivity contribution in [3.05, 3.63) is 0 Å². The molecule has 0 radical (unpaired) electrons. The van der Waals surface area contributed by atoms with Gasteiger partial charge < -0.3 is 9.47 Å². The van der Waals surface area contributed by atoms with Gasteiger partial charge >= 0.3 is 0 Å². The van der Waals surface area contributed by atoms with E-state index in [4.69, 9.17) is 9.47 Å². The van der Waals surface area contributed by atoms with E-state index in [2.05, 4.69) is 34.6 Å². The molecule has 0 aliphatic heterocycles. The average molecular weight is 489 g/mol. The van der Waals surface area contributed by atoms with Gasteiger partial charge in [0.2, 0.25) is 0 Å². The van der Waals surface area contributed by atoms with E-state index in [0.717, 1.165) is 43.9 Å². The van der Waals surface area contributed by atoms with Gasteiger partial charge in [0.25, 0.3) is 0 Å². The summed E-state index contributed by atoms with van der Waals surface area (Å²) in [5, 5.41) is 0. The fraction of sp³-hybridized carbons (Fsp3) is 1.00. The summed E-state index contributed by atoms with van der Waals surface area (Å²) in [6.07, 6.45) is 13.6. The maximum atomic E-state index is 14.8. The molecule has 1 fully saturated rings. The van der Waals surface area contributed by atoms with Crippen molar-refractivity contribution in [3.8, 4) is 0 Å². The molecule has 0 spiro atoms. The second kappa shape index (κ2) is 19.9. The monoisotopic (exact) mass is 488 g/mol. The lowest BCUT2D eigenvalue weighted by atomic mass is 9.89. The summed E-state index contributed by atoms with van der Waals surface area (Å²) in [7, 11) is 0. The van der Waals surface area contributed by atoms with Crippen LogP contribution in [-0.2, 0) is 9.47 Å². The Morgan fingerprint density at radius 2 is 1.15 bits per heavy atom. The lowest BCUT2D eigenvalue weighted by Crippen LogP contribution is -2.47. The third-order valence-electron chi connectivity index (χ3n) is 7.82. The van der Waals surface area contributed by atoms with Crippen molar-refractivity contribution >= 4 is 0 Å². The molecule has 6 atom stereocenters. The van der Waals surface area contributed by atoms with Gasteiger partial charge in [0.05, 0.1) is 12.2 Å². The van der Waals surface area contributed by atoms with Crippen LogP contribution in [0.4, 0.5) is 8.78 Å². The van der Waals surface area contributed by atoms with Crippen molar-refractivity contribution < 1.29 is 18.3 Å². The van der Waals surface area contributed by atoms with E-state index in [1.54, 1.807) is 0 Å². The first kappa shape index (κ1) is 31.8. The highest BCUT2D eigenvalue weighted by atomic mass is 19.2. The van der Waals surface area contributed by atoms with Crippen LogP contribution in [0, 0.1) is 17.8 Å². The zero-order valence-corrected chi connectivity index (χ0v) is 23.3. The van der Waals surface area contributed by atoms with E-state index in [0.29, 0.717) is 32.0 Å². The predicted octanol–water partition coefficient (Wildman–Crippen LogP) is 9.64. The maximum absolute atomic E-state index is 14.8. The second-order valence-electron chi connectivity index (χ2n) is 11.2. The third-order valence-corrected chi connectivity index (χ3v) is 7.82. The molecule has 0 saturated heterocycles. The highest BCUT2D eigenvalue weighted by Crippen LogP contribution is 2.31. The first-order valence-electron chi connectivity index (χ1n) is 15.0. The van der Waals surface area contributed by atoms with Gasteiger partial charge in [0.15, 0.2) is 12.3 Å². The van der Waals surface area contributed by atoms with E-state index in [1.165, 1.54) is 57.8 Å². The van der Waals surface area contributed by atoms with Crippen molar-refractivity contribution in [1.29, 1.82) is 0 Å². The molecule has 1 saturated carbocycles. The molecular weight excluding hydrogens is 430 g/mol. The molecule has 204 valence electrons. The van der Waals surface area contributed by atoms with Crippen LogP contribution in [0.3, 0.4) is 0 Å². The molecule has 0 aromatic heterocycles. The minimum absolute atomic E-state index is 0.461. The molecule has 0 heterocycles. The number of alkyl halides is 2. The Bertz CT molecular complexity index is 455. The molecule has 1 aliphatic carbocycles. The molecule has 6 unspecified atom stereocenters. The van der Waals surface area contributed by atoms with Crippen LogP contribution in [0.15, 0.2) is 0 Å². The molecule has 34 heavy (non-hydrogen) atoms. The summed E-state index contributed by atoms with van der Waals surface area (Å²) in [5.74, 6) is 2.05. The summed E-state index contributed by atoms with van der Waals surface area (Å²) in [5.41, 5.74) is 0. The number of rotatable bonds is 21. The van der Waals surface area contributed by atoms with Gasteiger partial charge in [-0.25, -0.2) is 8.78 Å². The molecular formula is C30H58F2O2. The summed E-state index contributed by atoms with van der Waals surface area (Å²) in [6, 6.07) is 0. The Morgan fingerprint density at radius 3 is 1.74 bits per heavy atom. The molecule has 0 aromatic rings. The summed E-state index contributed by atoms with van der Waals surface area (Å²) in [6.45, 7) is 12.4. The van der Waals surface area contributed by atoms with Crippen LogP contribution >= 0.6 is 0 Å². The standard InChI is InChI=1S/C30H58F2O2/c1-6-13-24(5)17-10-11-22-33-27-20-21-28(30(32)29(27)31)34-23-26(16-9-4)19-12-18-25(14-7-2)15-8-3/h24-30H,6-23H2,1-5H3. The predicted molar refractivity (Wildman–Crippen MR) is 142 cm³/mol. The fourth-order valence-corrected chi connectivity index (χ4v) is 5.80. The maximum Gasteiger partial charge on any atom is 0.160 e. The molecule has 4 heteroatoms. The van der Waals surface area contributed by atoms with Crippen molar-refractivity contribution in [1.82, 2.24) is 0 Å². The molecule has 0 N–H and O–H groups in total. The van der Waals surface area contributed by atoms with Crippen LogP contribution in [0.2, 0.25) is 0 Å². The van der Waals surface area contributed by atoms with Crippen molar-refractivity contribution in [2.75, 3.05) is 13.2 Å². The van der Waals surface area contributed by atoms with Gasteiger partial charge in [0, 0.05) is 13.2 Å². The smallest absolute Gasteiger partial charge is 0.160 e. The SMILES string of the molecule is CCCC(C)CCCCOC1CCC(OCC(CCC)CCCC(CCC)CCC)C(F)C1F. The van der Waals surface area contributed by atoms with Gasteiger partial charge in [-0.05, 0) is 49.9 Å². The number of hydrogen-bond acceptors (Lipinski definition) is 2. The highest BCUT2D eigenvalue weighted by Gasteiger charge is 2.41. The second-order valence-corrected chi connectivity index (χ2v) is 11.2. The molecule has 1 rings (SSSR count). The quantitative estimate of drug-likeness (QED) is 0.150. The Balaban J connectivity index is 2.33. The Labute approximate surface area is 211 Å². The molecule has 0 amide bonds. The molecule has 1 aliphatic rings. The Morgan fingerprint density at radius 1 is 0.618 bits per heavy atom. The lowest BCUT2D eigenvalue weighted by molar-refractivity contribution is -0.123. The third kappa shape index (κ3) is 13.2. The van der Waals surface area contributed by atoms with Gasteiger partial charge in [-0.1, -0.05) is 105 Å². The van der Waals surface area contributed by atoms with Gasteiger partial charge in [-0.15, -0.1) is 0 Å². The van der Waals surface area contributed by atoms with E-state index in [1.807, 2.05) is 0 Å². The summed E-state index contributed by atoms with van der Waals surface area (Å²) < 4.78 is 41.4. The van der Waals surface area contributed by atoms with Gasteiger partial charge in [-0.3, -0.25) is 0 Å². The van der Waals surface area contributed by atoms with Crippen LogP contribution < -0.4 is 0 Å². The van der Waals surface area contributed by atoms with Crippen molar-refractivity contribution in [2.24, 2.45) is 17.8 Å². The van der Waals surface area contributed by atoms with Crippen molar-refractivity contribution in [2.45, 2.75) is 162 Å². The first-order chi connectivity index (χ1) is 16.5. The molecule has 0 bridgehead atoms. The van der Waals surface area contributed by atoms with E-state index in [-0.39, 0.29) is 0 Å². The van der Waals surface area contributed by atoms with Crippen LogP contribution in [-0.4, -0.2) is 37.8 Å². The molecule has 2 nitrogen and oxygen atoms in total. The molecule has 0 aromatic carbocycles. The number of ether oxygens (including phenoxy) is 2. The minimum Gasteiger partial charge on any atom is -0.375 e. The van der Waals surface area contributed by atoms with E-state index in [9.17, 15) is 8.78 Å². The number of hydrogen-bond donors (Lipinski definition) is 0. The van der Waals surface area contributed by atoms with E-state index >= 15 is 0 Å². The lowest BCUT2D eigenvalue weighted by Gasteiger charge is -2.35. The van der Waals surface area contributed by atoms with Crippen LogP contribution in [0.5, 0.6) is 0 Å². The number of unbranched alkanes of at least 4 members (excludes halogenated alkanes) is 1. The van der Waals surface area contributed by atoms with E-state index < -0.39 is 24.6 Å². The van der Waals surface area contributed by atoms with Crippen molar-refractivity contribution in [3.63, 3.8) is 0 Å². The average Bonchev–Trinajstić information content (AvgIpc) is 2.81. The van der Waals surface area contributed by atoms with Gasteiger partial charge in [-0.2, -0.15) is 0 Å². The normalized spacial score (nSPS) is 25.1. The summed E-state index contributed by atoms with van der Waals surface area (Å²) in [4.78, 5) is 0.